The summed E-state index contributed by atoms with van der Waals surface area (Å²) in [4.78, 5) is 11.4. The maximum atomic E-state index is 11.4. The fourth-order valence-corrected chi connectivity index (χ4v) is 1.34. The molecule has 1 aromatic rings. The van der Waals surface area contributed by atoms with Gasteiger partial charge in [0.2, 0.25) is 0 Å². The third-order valence-corrected chi connectivity index (χ3v) is 2.07. The van der Waals surface area contributed by atoms with Gasteiger partial charge in [0.25, 0.3) is 5.56 Å². The van der Waals surface area contributed by atoms with Gasteiger partial charge < -0.3 is 4.74 Å². The fourth-order valence-electron chi connectivity index (χ4n) is 1.34. The normalized spacial score (nSPS) is 16.1. The van der Waals surface area contributed by atoms with Crippen molar-refractivity contribution in [3.05, 3.63) is 28.6 Å². The highest BCUT2D eigenvalue weighted by Gasteiger charge is 2.26. The number of pyridine rings is 1. The average molecular weight is 165 g/mol. The zero-order chi connectivity index (χ0) is 8.55. The van der Waals surface area contributed by atoms with Gasteiger partial charge in [0.1, 0.15) is 0 Å². The van der Waals surface area contributed by atoms with Crippen molar-refractivity contribution < 1.29 is 4.74 Å². The van der Waals surface area contributed by atoms with Crippen LogP contribution in [0.5, 0.6) is 5.88 Å². The molecule has 0 atom stereocenters. The van der Waals surface area contributed by atoms with Gasteiger partial charge in [-0.1, -0.05) is 6.07 Å². The lowest BCUT2D eigenvalue weighted by Gasteiger charge is -2.08. The van der Waals surface area contributed by atoms with Gasteiger partial charge >= 0.3 is 0 Å². The maximum absolute atomic E-state index is 11.4. The van der Waals surface area contributed by atoms with Crippen LogP contribution < -0.4 is 10.3 Å². The van der Waals surface area contributed by atoms with Crippen molar-refractivity contribution in [2.75, 3.05) is 7.11 Å². The molecule has 0 saturated heterocycles. The summed E-state index contributed by atoms with van der Waals surface area (Å²) >= 11 is 0. The van der Waals surface area contributed by atoms with Gasteiger partial charge in [-0.25, -0.2) is 0 Å². The molecule has 3 heteroatoms. The van der Waals surface area contributed by atoms with Crippen molar-refractivity contribution in [3.8, 4) is 5.88 Å². The molecule has 0 bridgehead atoms. The molecule has 1 aliphatic carbocycles. The summed E-state index contributed by atoms with van der Waals surface area (Å²) in [5, 5.41) is 0. The van der Waals surface area contributed by atoms with Crippen LogP contribution in [0.3, 0.4) is 0 Å². The molecule has 0 amide bonds. The van der Waals surface area contributed by atoms with Crippen molar-refractivity contribution >= 4 is 0 Å². The van der Waals surface area contributed by atoms with Crippen molar-refractivity contribution in [2.45, 2.75) is 18.9 Å². The monoisotopic (exact) mass is 165 g/mol. The second kappa shape index (κ2) is 2.66. The SMILES string of the molecule is COc1cccc(=O)n1C1CC1. The van der Waals surface area contributed by atoms with Crippen molar-refractivity contribution in [3.63, 3.8) is 0 Å². The summed E-state index contributed by atoms with van der Waals surface area (Å²) in [5.41, 5.74) is 0.0388. The first kappa shape index (κ1) is 7.40. The standard InChI is InChI=1S/C9H11NO2/c1-12-9-4-2-3-8(11)10(9)7-5-6-7/h2-4,7H,5-6H2,1H3. The Balaban J connectivity index is 2.52. The molecule has 1 fully saturated rings. The molecular weight excluding hydrogens is 154 g/mol. The van der Waals surface area contributed by atoms with Crippen LogP contribution >= 0.6 is 0 Å². The highest BCUT2D eigenvalue weighted by atomic mass is 16.5. The van der Waals surface area contributed by atoms with E-state index in [9.17, 15) is 4.79 Å². The highest BCUT2D eigenvalue weighted by molar-refractivity contribution is 5.15. The lowest BCUT2D eigenvalue weighted by Crippen LogP contribution is -2.18. The lowest BCUT2D eigenvalue weighted by molar-refractivity contribution is 0.365. The van der Waals surface area contributed by atoms with Crippen LogP contribution in [0, 0.1) is 0 Å². The Labute approximate surface area is 70.6 Å². The molecule has 2 rings (SSSR count). The molecule has 0 spiro atoms. The third kappa shape index (κ3) is 1.11. The van der Waals surface area contributed by atoms with E-state index < -0.39 is 0 Å². The van der Waals surface area contributed by atoms with Gasteiger partial charge in [0.05, 0.1) is 7.11 Å². The van der Waals surface area contributed by atoms with Crippen molar-refractivity contribution in [1.29, 1.82) is 0 Å². The molecule has 12 heavy (non-hydrogen) atoms. The van der Waals surface area contributed by atoms with Gasteiger partial charge in [0.15, 0.2) is 5.88 Å². The van der Waals surface area contributed by atoms with Crippen LogP contribution in [0.1, 0.15) is 18.9 Å². The Hall–Kier alpha value is -1.25. The first-order valence-corrected chi connectivity index (χ1v) is 4.08. The van der Waals surface area contributed by atoms with E-state index in [-0.39, 0.29) is 5.56 Å². The van der Waals surface area contributed by atoms with Crippen LogP contribution in [0.4, 0.5) is 0 Å². The molecule has 0 unspecified atom stereocenters. The Morgan fingerprint density at radius 3 is 2.83 bits per heavy atom. The number of methoxy groups -OCH3 is 1. The Morgan fingerprint density at radius 1 is 1.50 bits per heavy atom. The molecule has 1 saturated carbocycles. The van der Waals surface area contributed by atoms with Gasteiger partial charge in [0, 0.05) is 12.1 Å². The Morgan fingerprint density at radius 2 is 2.25 bits per heavy atom. The molecule has 1 aromatic heterocycles. The summed E-state index contributed by atoms with van der Waals surface area (Å²) < 4.78 is 6.81. The molecule has 1 aliphatic rings. The summed E-state index contributed by atoms with van der Waals surface area (Å²) in [6.07, 6.45) is 2.19. The van der Waals surface area contributed by atoms with E-state index in [0.29, 0.717) is 11.9 Å². The molecular formula is C9H11NO2. The quantitative estimate of drug-likeness (QED) is 0.659. The predicted molar refractivity (Wildman–Crippen MR) is 45.5 cm³/mol. The van der Waals surface area contributed by atoms with E-state index in [1.165, 1.54) is 0 Å². The Bertz CT molecular complexity index is 339. The van der Waals surface area contributed by atoms with Crippen LogP contribution in [0.15, 0.2) is 23.0 Å². The molecule has 64 valence electrons. The van der Waals surface area contributed by atoms with Gasteiger partial charge in [-0.2, -0.15) is 0 Å². The number of hydrogen-bond acceptors (Lipinski definition) is 2. The zero-order valence-electron chi connectivity index (χ0n) is 6.99. The lowest BCUT2D eigenvalue weighted by atomic mass is 10.4. The smallest absolute Gasteiger partial charge is 0.253 e. The molecule has 0 aliphatic heterocycles. The maximum Gasteiger partial charge on any atom is 0.253 e. The summed E-state index contributed by atoms with van der Waals surface area (Å²) in [6, 6.07) is 5.49. The largest absolute Gasteiger partial charge is 0.482 e. The average Bonchev–Trinajstić information content (AvgIpc) is 2.87. The number of aromatic nitrogens is 1. The van der Waals surface area contributed by atoms with E-state index in [1.807, 2.05) is 6.07 Å². The van der Waals surface area contributed by atoms with Gasteiger partial charge in [-0.15, -0.1) is 0 Å². The number of nitrogens with zero attached hydrogens (tertiary/aromatic N) is 1. The summed E-state index contributed by atoms with van der Waals surface area (Å²) in [5.74, 6) is 0.671. The van der Waals surface area contributed by atoms with Crippen LogP contribution in [-0.2, 0) is 0 Å². The molecule has 0 N–H and O–H groups in total. The minimum absolute atomic E-state index is 0.0388. The van der Waals surface area contributed by atoms with Crippen LogP contribution in [-0.4, -0.2) is 11.7 Å². The molecule has 0 aromatic carbocycles. The number of rotatable bonds is 2. The number of ether oxygens (including phenoxy) is 1. The minimum atomic E-state index is 0.0388. The summed E-state index contributed by atoms with van der Waals surface area (Å²) in [6.45, 7) is 0. The van der Waals surface area contributed by atoms with E-state index in [2.05, 4.69) is 0 Å². The van der Waals surface area contributed by atoms with Crippen LogP contribution in [0.25, 0.3) is 0 Å². The van der Waals surface area contributed by atoms with E-state index in [4.69, 9.17) is 4.74 Å². The zero-order valence-corrected chi connectivity index (χ0v) is 6.99. The number of hydrogen-bond donors (Lipinski definition) is 0. The second-order valence-corrected chi connectivity index (χ2v) is 3.01. The first-order valence-electron chi connectivity index (χ1n) is 4.08. The topological polar surface area (TPSA) is 31.2 Å². The molecule has 1 heterocycles. The third-order valence-electron chi connectivity index (χ3n) is 2.07. The van der Waals surface area contributed by atoms with Crippen LogP contribution in [0.2, 0.25) is 0 Å². The first-order chi connectivity index (χ1) is 5.83. The molecule has 3 nitrogen and oxygen atoms in total. The van der Waals surface area contributed by atoms with Crippen molar-refractivity contribution in [1.82, 2.24) is 4.57 Å². The van der Waals surface area contributed by atoms with Crippen molar-refractivity contribution in [2.24, 2.45) is 0 Å². The molecule has 0 radical (unpaired) electrons. The second-order valence-electron chi connectivity index (χ2n) is 3.01. The van der Waals surface area contributed by atoms with E-state index in [0.717, 1.165) is 12.8 Å². The Kier molecular flexibility index (Phi) is 1.64. The fraction of sp³-hybridized carbons (Fsp3) is 0.444. The minimum Gasteiger partial charge on any atom is -0.482 e. The summed E-state index contributed by atoms with van der Waals surface area (Å²) in [7, 11) is 1.59. The van der Waals surface area contributed by atoms with E-state index >= 15 is 0 Å². The van der Waals surface area contributed by atoms with Gasteiger partial charge in [-0.3, -0.25) is 9.36 Å². The van der Waals surface area contributed by atoms with E-state index in [1.54, 1.807) is 23.8 Å². The highest BCUT2D eigenvalue weighted by Crippen LogP contribution is 2.36. The van der Waals surface area contributed by atoms with Gasteiger partial charge in [-0.05, 0) is 18.9 Å². The predicted octanol–water partition coefficient (Wildman–Crippen LogP) is 1.19.